The summed E-state index contributed by atoms with van der Waals surface area (Å²) in [5, 5.41) is 0.283. The van der Waals surface area contributed by atoms with Gasteiger partial charge in [-0.2, -0.15) is 0 Å². The Balaban J connectivity index is 2.67. The van der Waals surface area contributed by atoms with Crippen LogP contribution >= 0.6 is 11.6 Å². The molecule has 0 spiro atoms. The Hall–Kier alpha value is -1.61. The molecule has 0 atom stereocenters. The molecule has 0 amide bonds. The molecule has 0 fully saturated rings. The van der Waals surface area contributed by atoms with Gasteiger partial charge in [-0.1, -0.05) is 29.8 Å². The van der Waals surface area contributed by atoms with Gasteiger partial charge in [0.05, 0.1) is 0 Å². The van der Waals surface area contributed by atoms with E-state index in [1.807, 2.05) is 0 Å². The zero-order valence-electron chi connectivity index (χ0n) is 8.58. The van der Waals surface area contributed by atoms with Crippen molar-refractivity contribution in [3.8, 4) is 11.1 Å². The lowest BCUT2D eigenvalue weighted by Crippen LogP contribution is -2.16. The van der Waals surface area contributed by atoms with Crippen LogP contribution in [0.1, 0.15) is 0 Å². The minimum Gasteiger partial charge on any atom is -0.302 e. The highest BCUT2D eigenvalue weighted by atomic mass is 35.5. The van der Waals surface area contributed by atoms with Crippen LogP contribution in [0.5, 0.6) is 0 Å². The lowest BCUT2D eigenvalue weighted by Gasteiger charge is -2.06. The van der Waals surface area contributed by atoms with Crippen LogP contribution in [0.3, 0.4) is 0 Å². The fraction of sp³-hybridized carbons (Fsp3) is 0.0833. The normalized spacial score (nSPS) is 10.4. The summed E-state index contributed by atoms with van der Waals surface area (Å²) in [5.74, 6) is -0.369. The third-order valence-electron chi connectivity index (χ3n) is 2.39. The number of benzene rings is 1. The molecule has 0 aliphatic carbocycles. The van der Waals surface area contributed by atoms with Crippen molar-refractivity contribution in [3.05, 3.63) is 57.7 Å². The van der Waals surface area contributed by atoms with E-state index < -0.39 is 0 Å². The molecule has 2 aromatic rings. The molecule has 0 saturated heterocycles. The maximum absolute atomic E-state index is 13.5. The van der Waals surface area contributed by atoms with Crippen molar-refractivity contribution in [3.63, 3.8) is 0 Å². The van der Waals surface area contributed by atoms with E-state index in [1.165, 1.54) is 16.7 Å². The molecule has 82 valence electrons. The molecule has 16 heavy (non-hydrogen) atoms. The standard InChI is InChI=1S/C12H9ClFNO/c1-15-11(13)6-8(7-12(15)16)9-4-2-3-5-10(9)14/h2-7H,1H3. The first-order valence-corrected chi connectivity index (χ1v) is 5.09. The van der Waals surface area contributed by atoms with Crippen LogP contribution in [0.25, 0.3) is 11.1 Å². The highest BCUT2D eigenvalue weighted by molar-refractivity contribution is 6.29. The van der Waals surface area contributed by atoms with E-state index in [-0.39, 0.29) is 16.5 Å². The number of halogens is 2. The van der Waals surface area contributed by atoms with Gasteiger partial charge in [-0.25, -0.2) is 4.39 Å². The van der Waals surface area contributed by atoms with E-state index in [9.17, 15) is 9.18 Å². The fourth-order valence-electron chi connectivity index (χ4n) is 1.45. The predicted octanol–water partition coefficient (Wildman–Crippen LogP) is 2.84. The van der Waals surface area contributed by atoms with Crippen molar-refractivity contribution in [2.45, 2.75) is 0 Å². The highest BCUT2D eigenvalue weighted by Gasteiger charge is 2.07. The van der Waals surface area contributed by atoms with E-state index in [0.29, 0.717) is 11.1 Å². The van der Waals surface area contributed by atoms with Gasteiger partial charge >= 0.3 is 0 Å². The van der Waals surface area contributed by atoms with Crippen molar-refractivity contribution in [2.75, 3.05) is 0 Å². The molecule has 0 N–H and O–H groups in total. The van der Waals surface area contributed by atoms with Gasteiger partial charge in [-0.3, -0.25) is 4.79 Å². The van der Waals surface area contributed by atoms with Crippen LogP contribution in [-0.2, 0) is 7.05 Å². The predicted molar refractivity (Wildman–Crippen MR) is 62.1 cm³/mol. The molecule has 0 aliphatic heterocycles. The third kappa shape index (κ3) is 1.86. The maximum atomic E-state index is 13.5. The summed E-state index contributed by atoms with van der Waals surface area (Å²) < 4.78 is 14.8. The van der Waals surface area contributed by atoms with E-state index in [0.717, 1.165) is 0 Å². The summed E-state index contributed by atoms with van der Waals surface area (Å²) >= 11 is 5.86. The van der Waals surface area contributed by atoms with Crippen LogP contribution in [-0.4, -0.2) is 4.57 Å². The fourth-order valence-corrected chi connectivity index (χ4v) is 1.65. The second-order valence-corrected chi connectivity index (χ2v) is 3.83. The monoisotopic (exact) mass is 237 g/mol. The number of hydrogen-bond donors (Lipinski definition) is 0. The minimum atomic E-state index is -0.369. The first kappa shape index (κ1) is 10.9. The average Bonchev–Trinajstić information content (AvgIpc) is 2.26. The molecule has 2 nitrogen and oxygen atoms in total. The van der Waals surface area contributed by atoms with E-state index in [1.54, 1.807) is 31.3 Å². The molecule has 1 aromatic carbocycles. The number of hydrogen-bond acceptors (Lipinski definition) is 1. The summed E-state index contributed by atoms with van der Waals surface area (Å²) in [6, 6.07) is 9.21. The Kier molecular flexibility index (Phi) is 2.79. The van der Waals surface area contributed by atoms with Gasteiger partial charge in [0.25, 0.3) is 5.56 Å². The van der Waals surface area contributed by atoms with Crippen molar-refractivity contribution in [1.29, 1.82) is 0 Å². The Bertz CT molecular complexity index is 592. The summed E-state index contributed by atoms with van der Waals surface area (Å²) in [4.78, 5) is 11.5. The first-order chi connectivity index (χ1) is 7.59. The highest BCUT2D eigenvalue weighted by Crippen LogP contribution is 2.23. The van der Waals surface area contributed by atoms with Crippen LogP contribution in [0.4, 0.5) is 4.39 Å². The Morgan fingerprint density at radius 2 is 1.94 bits per heavy atom. The number of nitrogens with zero attached hydrogens (tertiary/aromatic N) is 1. The third-order valence-corrected chi connectivity index (χ3v) is 2.75. The molecule has 1 heterocycles. The van der Waals surface area contributed by atoms with Crippen LogP contribution < -0.4 is 5.56 Å². The summed E-state index contributed by atoms with van der Waals surface area (Å²) in [5.41, 5.74) is 0.610. The molecule has 4 heteroatoms. The Morgan fingerprint density at radius 1 is 1.25 bits per heavy atom. The molecule has 0 unspecified atom stereocenters. The largest absolute Gasteiger partial charge is 0.302 e. The van der Waals surface area contributed by atoms with Crippen molar-refractivity contribution < 1.29 is 4.39 Å². The topological polar surface area (TPSA) is 22.0 Å². The SMILES string of the molecule is Cn1c(Cl)cc(-c2ccccc2F)cc1=O. The second-order valence-electron chi connectivity index (χ2n) is 3.44. The molecular formula is C12H9ClFNO. The van der Waals surface area contributed by atoms with Gasteiger partial charge in [0.2, 0.25) is 0 Å². The van der Waals surface area contributed by atoms with Gasteiger partial charge in [0.1, 0.15) is 11.0 Å². The van der Waals surface area contributed by atoms with Gasteiger partial charge < -0.3 is 4.57 Å². The van der Waals surface area contributed by atoms with Crippen molar-refractivity contribution in [1.82, 2.24) is 4.57 Å². The van der Waals surface area contributed by atoms with Gasteiger partial charge in [-0.05, 0) is 17.7 Å². The molecule has 1 aromatic heterocycles. The van der Waals surface area contributed by atoms with Gasteiger partial charge in [0, 0.05) is 18.7 Å². The molecule has 2 rings (SSSR count). The maximum Gasteiger partial charge on any atom is 0.252 e. The quantitative estimate of drug-likeness (QED) is 0.699. The number of aromatic nitrogens is 1. The lowest BCUT2D eigenvalue weighted by atomic mass is 10.1. The Morgan fingerprint density at radius 3 is 2.56 bits per heavy atom. The Labute approximate surface area is 96.9 Å². The van der Waals surface area contributed by atoms with Crippen LogP contribution in [0.15, 0.2) is 41.2 Å². The zero-order valence-corrected chi connectivity index (χ0v) is 9.33. The number of rotatable bonds is 1. The summed E-state index contributed by atoms with van der Waals surface area (Å²) in [6.07, 6.45) is 0. The van der Waals surface area contributed by atoms with Crippen molar-refractivity contribution in [2.24, 2.45) is 7.05 Å². The van der Waals surface area contributed by atoms with E-state index >= 15 is 0 Å². The molecule has 0 radical (unpaired) electrons. The van der Waals surface area contributed by atoms with Crippen LogP contribution in [0, 0.1) is 5.82 Å². The van der Waals surface area contributed by atoms with Crippen molar-refractivity contribution >= 4 is 11.6 Å². The van der Waals surface area contributed by atoms with Gasteiger partial charge in [0.15, 0.2) is 0 Å². The molecular weight excluding hydrogens is 229 g/mol. The van der Waals surface area contributed by atoms with E-state index in [2.05, 4.69) is 0 Å². The van der Waals surface area contributed by atoms with Crippen LogP contribution in [0.2, 0.25) is 5.15 Å². The second kappa shape index (κ2) is 4.10. The molecule has 0 saturated carbocycles. The smallest absolute Gasteiger partial charge is 0.252 e. The first-order valence-electron chi connectivity index (χ1n) is 4.71. The lowest BCUT2D eigenvalue weighted by molar-refractivity contribution is 0.631. The molecule has 0 bridgehead atoms. The number of pyridine rings is 1. The zero-order chi connectivity index (χ0) is 11.7. The van der Waals surface area contributed by atoms with Gasteiger partial charge in [-0.15, -0.1) is 0 Å². The summed E-state index contributed by atoms with van der Waals surface area (Å²) in [6.45, 7) is 0. The summed E-state index contributed by atoms with van der Waals surface area (Å²) in [7, 11) is 1.57. The molecule has 0 aliphatic rings. The minimum absolute atomic E-state index is 0.259. The average molecular weight is 238 g/mol. The van der Waals surface area contributed by atoms with E-state index in [4.69, 9.17) is 11.6 Å².